The van der Waals surface area contributed by atoms with Crippen LogP contribution in [0.15, 0.2) is 47.6 Å². The van der Waals surface area contributed by atoms with Gasteiger partial charge in [0.25, 0.3) is 11.8 Å². The number of nitrogens with zero attached hydrogens (tertiary/aromatic N) is 4. The standard InChI is InChI=1S/C23H26N6O3/c1-15-3-5-18(6-4-15)29-20(30)14-25-21(27-29)23(32)28-11-8-17(9-12-28)22(31)26-19-13-16(2)7-10-24-19/h3-7,10,13,17H,8-9,11-12,14H2,1-2H3,(H,25,27)(H,24,26,31). The first-order valence-corrected chi connectivity index (χ1v) is 10.6. The second-order valence-electron chi connectivity index (χ2n) is 8.12. The van der Waals surface area contributed by atoms with Crippen molar-refractivity contribution in [2.24, 2.45) is 10.9 Å². The second kappa shape index (κ2) is 9.17. The van der Waals surface area contributed by atoms with Crippen molar-refractivity contribution in [1.29, 1.82) is 0 Å². The zero-order chi connectivity index (χ0) is 22.7. The third-order valence-corrected chi connectivity index (χ3v) is 5.65. The van der Waals surface area contributed by atoms with Crippen LogP contribution in [0.4, 0.5) is 11.5 Å². The van der Waals surface area contributed by atoms with Crippen LogP contribution < -0.4 is 15.8 Å². The summed E-state index contributed by atoms with van der Waals surface area (Å²) in [4.78, 5) is 47.8. The van der Waals surface area contributed by atoms with E-state index in [0.29, 0.717) is 37.4 Å². The molecule has 2 aliphatic heterocycles. The highest BCUT2D eigenvalue weighted by atomic mass is 16.2. The Hall–Kier alpha value is -3.75. The van der Waals surface area contributed by atoms with Crippen molar-refractivity contribution in [2.75, 3.05) is 30.0 Å². The van der Waals surface area contributed by atoms with E-state index in [-0.39, 0.29) is 36.0 Å². The van der Waals surface area contributed by atoms with Gasteiger partial charge in [-0.05, 0) is 56.5 Å². The zero-order valence-corrected chi connectivity index (χ0v) is 18.2. The predicted molar refractivity (Wildman–Crippen MR) is 121 cm³/mol. The van der Waals surface area contributed by atoms with Gasteiger partial charge < -0.3 is 10.2 Å². The minimum atomic E-state index is -0.270. The topological polar surface area (TPSA) is 107 Å². The Morgan fingerprint density at radius 3 is 2.47 bits per heavy atom. The van der Waals surface area contributed by atoms with Gasteiger partial charge in [0.1, 0.15) is 12.4 Å². The van der Waals surface area contributed by atoms with E-state index in [1.165, 1.54) is 5.01 Å². The molecule has 3 amide bonds. The second-order valence-corrected chi connectivity index (χ2v) is 8.12. The number of anilines is 2. The fourth-order valence-corrected chi connectivity index (χ4v) is 3.77. The van der Waals surface area contributed by atoms with E-state index in [1.54, 1.807) is 11.1 Å². The Balaban J connectivity index is 1.34. The molecule has 0 radical (unpaired) electrons. The number of amides is 3. The number of hydrazine groups is 1. The summed E-state index contributed by atoms with van der Waals surface area (Å²) in [5.74, 6) is -0.0979. The SMILES string of the molecule is Cc1ccc(N2NC(C(=O)N3CCC(C(=O)Nc4cc(C)ccn4)CC3)=NCC2=O)cc1. The van der Waals surface area contributed by atoms with Crippen molar-refractivity contribution in [3.05, 3.63) is 53.7 Å². The zero-order valence-electron chi connectivity index (χ0n) is 18.2. The third kappa shape index (κ3) is 4.77. The number of pyridine rings is 1. The number of aliphatic imine (C=N–C) groups is 1. The summed E-state index contributed by atoms with van der Waals surface area (Å²) in [5.41, 5.74) is 5.62. The van der Waals surface area contributed by atoms with E-state index < -0.39 is 0 Å². The van der Waals surface area contributed by atoms with Gasteiger partial charge in [-0.3, -0.25) is 24.8 Å². The number of carbonyl (C=O) groups excluding carboxylic acids is 3. The maximum absolute atomic E-state index is 13.0. The molecule has 166 valence electrons. The van der Waals surface area contributed by atoms with Gasteiger partial charge in [0.2, 0.25) is 11.7 Å². The summed E-state index contributed by atoms with van der Waals surface area (Å²) in [6.45, 7) is 4.70. The quantitative estimate of drug-likeness (QED) is 0.764. The molecule has 2 N–H and O–H groups in total. The highest BCUT2D eigenvalue weighted by molar-refractivity contribution is 6.39. The molecule has 32 heavy (non-hydrogen) atoms. The van der Waals surface area contributed by atoms with Gasteiger partial charge >= 0.3 is 0 Å². The number of carbonyl (C=O) groups is 3. The fourth-order valence-electron chi connectivity index (χ4n) is 3.77. The molecule has 0 unspecified atom stereocenters. The van der Waals surface area contributed by atoms with E-state index in [4.69, 9.17) is 0 Å². The maximum Gasteiger partial charge on any atom is 0.290 e. The van der Waals surface area contributed by atoms with E-state index in [9.17, 15) is 14.4 Å². The number of nitrogens with one attached hydrogen (secondary N) is 2. The minimum Gasteiger partial charge on any atom is -0.336 e. The summed E-state index contributed by atoms with van der Waals surface area (Å²) in [6, 6.07) is 11.1. The number of aryl methyl sites for hydroxylation is 2. The van der Waals surface area contributed by atoms with Crippen molar-refractivity contribution in [3.63, 3.8) is 0 Å². The van der Waals surface area contributed by atoms with Crippen molar-refractivity contribution in [1.82, 2.24) is 15.3 Å². The first kappa shape index (κ1) is 21.5. The Bertz CT molecular complexity index is 1060. The molecule has 9 heteroatoms. The van der Waals surface area contributed by atoms with Gasteiger partial charge in [-0.1, -0.05) is 17.7 Å². The van der Waals surface area contributed by atoms with Gasteiger partial charge in [0.05, 0.1) is 5.69 Å². The van der Waals surface area contributed by atoms with Crippen LogP contribution in [0.5, 0.6) is 0 Å². The molecule has 1 saturated heterocycles. The summed E-state index contributed by atoms with van der Waals surface area (Å²) in [7, 11) is 0. The molecular weight excluding hydrogens is 408 g/mol. The highest BCUT2D eigenvalue weighted by Crippen LogP contribution is 2.20. The van der Waals surface area contributed by atoms with Gasteiger partial charge in [0.15, 0.2) is 0 Å². The molecule has 1 aromatic heterocycles. The smallest absolute Gasteiger partial charge is 0.290 e. The number of likely N-dealkylation sites (tertiary alicyclic amines) is 1. The number of amidine groups is 1. The molecule has 0 aliphatic carbocycles. The number of aromatic nitrogens is 1. The lowest BCUT2D eigenvalue weighted by Gasteiger charge is -2.34. The average Bonchev–Trinajstić information content (AvgIpc) is 2.80. The molecule has 0 saturated carbocycles. The molecule has 2 aliphatic rings. The fraction of sp³-hybridized carbons (Fsp3) is 0.348. The molecule has 1 aromatic carbocycles. The van der Waals surface area contributed by atoms with Gasteiger partial charge in [-0.25, -0.2) is 9.99 Å². The normalized spacial score (nSPS) is 16.9. The first-order chi connectivity index (χ1) is 15.4. The first-order valence-electron chi connectivity index (χ1n) is 10.6. The van der Waals surface area contributed by atoms with Crippen LogP contribution in [0.3, 0.4) is 0 Å². The third-order valence-electron chi connectivity index (χ3n) is 5.65. The molecule has 0 atom stereocenters. The van der Waals surface area contributed by atoms with Crippen molar-refractivity contribution in [3.8, 4) is 0 Å². The lowest BCUT2D eigenvalue weighted by Crippen LogP contribution is -2.57. The van der Waals surface area contributed by atoms with E-state index in [1.807, 2.05) is 50.2 Å². The highest BCUT2D eigenvalue weighted by Gasteiger charge is 2.32. The Kier molecular flexibility index (Phi) is 6.16. The van der Waals surface area contributed by atoms with Crippen LogP contribution in [0.25, 0.3) is 0 Å². The molecule has 1 fully saturated rings. The van der Waals surface area contributed by atoms with Crippen molar-refractivity contribution >= 4 is 35.1 Å². The monoisotopic (exact) mass is 434 g/mol. The largest absolute Gasteiger partial charge is 0.336 e. The summed E-state index contributed by atoms with van der Waals surface area (Å²) >= 11 is 0. The van der Waals surface area contributed by atoms with Gasteiger partial charge in [-0.15, -0.1) is 0 Å². The molecule has 0 spiro atoms. The van der Waals surface area contributed by atoms with Crippen LogP contribution in [0, 0.1) is 19.8 Å². The molecule has 2 aromatic rings. The minimum absolute atomic E-state index is 0.0838. The summed E-state index contributed by atoms with van der Waals surface area (Å²) < 4.78 is 0. The van der Waals surface area contributed by atoms with E-state index in [0.717, 1.165) is 11.1 Å². The number of hydrogen-bond acceptors (Lipinski definition) is 6. The summed E-state index contributed by atoms with van der Waals surface area (Å²) in [5, 5.41) is 4.21. The van der Waals surface area contributed by atoms with Crippen LogP contribution >= 0.6 is 0 Å². The molecule has 0 bridgehead atoms. The Morgan fingerprint density at radius 1 is 1.06 bits per heavy atom. The van der Waals surface area contributed by atoms with Crippen LogP contribution in [-0.4, -0.2) is 53.1 Å². The van der Waals surface area contributed by atoms with Gasteiger partial charge in [0, 0.05) is 25.2 Å². The molecule has 4 rings (SSSR count). The number of hydrogen-bond donors (Lipinski definition) is 2. The number of piperidine rings is 1. The number of benzene rings is 1. The maximum atomic E-state index is 13.0. The van der Waals surface area contributed by atoms with Crippen molar-refractivity contribution < 1.29 is 14.4 Å². The summed E-state index contributed by atoms with van der Waals surface area (Å²) in [6.07, 6.45) is 2.77. The molecule has 3 heterocycles. The Labute approximate surface area is 186 Å². The average molecular weight is 435 g/mol. The van der Waals surface area contributed by atoms with E-state index >= 15 is 0 Å². The molecular formula is C23H26N6O3. The number of rotatable bonds is 4. The van der Waals surface area contributed by atoms with Crippen LogP contribution in [-0.2, 0) is 14.4 Å². The van der Waals surface area contributed by atoms with E-state index in [2.05, 4.69) is 20.7 Å². The predicted octanol–water partition coefficient (Wildman–Crippen LogP) is 1.83. The molecule has 9 nitrogen and oxygen atoms in total. The van der Waals surface area contributed by atoms with Crippen LogP contribution in [0.1, 0.15) is 24.0 Å². The van der Waals surface area contributed by atoms with Gasteiger partial charge in [-0.2, -0.15) is 0 Å². The van der Waals surface area contributed by atoms with Crippen molar-refractivity contribution in [2.45, 2.75) is 26.7 Å². The lowest BCUT2D eigenvalue weighted by atomic mass is 9.95. The van der Waals surface area contributed by atoms with Crippen LogP contribution in [0.2, 0.25) is 0 Å². The lowest BCUT2D eigenvalue weighted by molar-refractivity contribution is -0.129. The Morgan fingerprint density at radius 2 is 1.78 bits per heavy atom.